The number of carbonyl (C=O) groups excluding carboxylic acids is 1. The van der Waals surface area contributed by atoms with Gasteiger partial charge in [-0.25, -0.2) is 14.6 Å². The third kappa shape index (κ3) is 4.63. The molecule has 0 bridgehead atoms. The van der Waals surface area contributed by atoms with Crippen LogP contribution < -0.4 is 10.6 Å². The van der Waals surface area contributed by atoms with Gasteiger partial charge in [-0.3, -0.25) is 4.79 Å². The standard InChI is InChI=1S/C22H23N7O/c23-12-16-9-10-25-21(11-16)28-19-7-5-17(6-8-19)22(30)26-13-18-3-1-2-4-20(18)29-15-24-14-27-29/h1-4,9-11,14-15,17,19H,5-8,13H2,(H,25,28)(H,26,30). The molecule has 2 aromatic heterocycles. The lowest BCUT2D eigenvalue weighted by Crippen LogP contribution is -2.35. The van der Waals surface area contributed by atoms with Gasteiger partial charge in [0.05, 0.1) is 17.3 Å². The first-order chi connectivity index (χ1) is 14.7. The van der Waals surface area contributed by atoms with Crippen LogP contribution in [0.25, 0.3) is 5.69 Å². The van der Waals surface area contributed by atoms with Crippen LogP contribution in [-0.4, -0.2) is 31.7 Å². The summed E-state index contributed by atoms with van der Waals surface area (Å²) < 4.78 is 1.70. The number of nitrogens with one attached hydrogen (secondary N) is 2. The molecular formula is C22H23N7O. The van der Waals surface area contributed by atoms with Crippen molar-refractivity contribution < 1.29 is 4.79 Å². The fourth-order valence-corrected chi connectivity index (χ4v) is 3.83. The van der Waals surface area contributed by atoms with Crippen LogP contribution >= 0.6 is 0 Å². The molecule has 0 saturated heterocycles. The number of carbonyl (C=O) groups is 1. The molecule has 8 heteroatoms. The van der Waals surface area contributed by atoms with Crippen molar-refractivity contribution in [2.24, 2.45) is 5.92 Å². The van der Waals surface area contributed by atoms with Crippen LogP contribution in [0.3, 0.4) is 0 Å². The van der Waals surface area contributed by atoms with Gasteiger partial charge in [-0.2, -0.15) is 10.4 Å². The predicted molar refractivity (Wildman–Crippen MR) is 112 cm³/mol. The molecule has 3 aromatic rings. The van der Waals surface area contributed by atoms with Crippen LogP contribution in [0.5, 0.6) is 0 Å². The number of hydrogen-bond donors (Lipinski definition) is 2. The molecule has 30 heavy (non-hydrogen) atoms. The Labute approximate surface area is 175 Å². The Kier molecular flexibility index (Phi) is 5.99. The molecule has 152 valence electrons. The number of amides is 1. The lowest BCUT2D eigenvalue weighted by atomic mass is 9.85. The fourth-order valence-electron chi connectivity index (χ4n) is 3.83. The molecule has 1 aliphatic rings. The van der Waals surface area contributed by atoms with E-state index in [1.807, 2.05) is 24.3 Å². The average Bonchev–Trinajstić information content (AvgIpc) is 3.33. The van der Waals surface area contributed by atoms with Crippen molar-refractivity contribution in [1.29, 1.82) is 5.26 Å². The Morgan fingerprint density at radius 1 is 1.20 bits per heavy atom. The Morgan fingerprint density at radius 2 is 2.03 bits per heavy atom. The van der Waals surface area contributed by atoms with Gasteiger partial charge in [-0.1, -0.05) is 18.2 Å². The monoisotopic (exact) mass is 401 g/mol. The lowest BCUT2D eigenvalue weighted by molar-refractivity contribution is -0.126. The molecule has 1 saturated carbocycles. The summed E-state index contributed by atoms with van der Waals surface area (Å²) in [5.74, 6) is 0.818. The predicted octanol–water partition coefficient (Wildman–Crippen LogP) is 2.82. The second-order valence-corrected chi connectivity index (χ2v) is 7.42. The third-order valence-corrected chi connectivity index (χ3v) is 5.45. The van der Waals surface area contributed by atoms with Gasteiger partial charge >= 0.3 is 0 Å². The van der Waals surface area contributed by atoms with Crippen molar-refractivity contribution in [2.75, 3.05) is 5.32 Å². The van der Waals surface area contributed by atoms with Crippen molar-refractivity contribution in [3.05, 3.63) is 66.4 Å². The first-order valence-electron chi connectivity index (χ1n) is 10.1. The van der Waals surface area contributed by atoms with Gasteiger partial charge in [-0.15, -0.1) is 0 Å². The molecule has 2 N–H and O–H groups in total. The summed E-state index contributed by atoms with van der Waals surface area (Å²) in [4.78, 5) is 21.0. The second kappa shape index (κ2) is 9.18. The van der Waals surface area contributed by atoms with Crippen LogP contribution in [0.1, 0.15) is 36.8 Å². The second-order valence-electron chi connectivity index (χ2n) is 7.42. The van der Waals surface area contributed by atoms with Crippen molar-refractivity contribution in [3.8, 4) is 11.8 Å². The van der Waals surface area contributed by atoms with E-state index in [0.717, 1.165) is 36.9 Å². The van der Waals surface area contributed by atoms with Crippen LogP contribution in [0.15, 0.2) is 55.2 Å². The minimum atomic E-state index is 0.0139. The lowest BCUT2D eigenvalue weighted by Gasteiger charge is -2.28. The van der Waals surface area contributed by atoms with Gasteiger partial charge in [0.25, 0.3) is 0 Å². The Hall–Kier alpha value is -3.73. The number of nitriles is 1. The molecule has 0 aliphatic heterocycles. The molecular weight excluding hydrogens is 378 g/mol. The highest BCUT2D eigenvalue weighted by Gasteiger charge is 2.26. The SMILES string of the molecule is N#Cc1ccnc(NC2CCC(C(=O)NCc3ccccc3-n3cncn3)CC2)c1. The van der Waals surface area contributed by atoms with Gasteiger partial charge in [0.1, 0.15) is 18.5 Å². The molecule has 1 fully saturated rings. The smallest absolute Gasteiger partial charge is 0.223 e. The maximum absolute atomic E-state index is 12.7. The largest absolute Gasteiger partial charge is 0.367 e. The molecule has 0 unspecified atom stereocenters. The summed E-state index contributed by atoms with van der Waals surface area (Å²) in [6, 6.07) is 13.7. The highest BCUT2D eigenvalue weighted by Crippen LogP contribution is 2.27. The van der Waals surface area contributed by atoms with Crippen molar-refractivity contribution in [1.82, 2.24) is 25.1 Å². The minimum Gasteiger partial charge on any atom is -0.367 e. The molecule has 8 nitrogen and oxygen atoms in total. The normalized spacial score (nSPS) is 18.4. The van der Waals surface area contributed by atoms with Gasteiger partial charge < -0.3 is 10.6 Å². The highest BCUT2D eigenvalue weighted by molar-refractivity contribution is 5.78. The van der Waals surface area contributed by atoms with Crippen LogP contribution in [-0.2, 0) is 11.3 Å². The topological polar surface area (TPSA) is 109 Å². The van der Waals surface area contributed by atoms with E-state index in [2.05, 4.69) is 31.8 Å². The maximum Gasteiger partial charge on any atom is 0.223 e. The number of rotatable bonds is 6. The van der Waals surface area contributed by atoms with E-state index in [4.69, 9.17) is 5.26 Å². The Morgan fingerprint density at radius 3 is 2.80 bits per heavy atom. The first kappa shape index (κ1) is 19.6. The number of hydrogen-bond acceptors (Lipinski definition) is 6. The highest BCUT2D eigenvalue weighted by atomic mass is 16.1. The molecule has 0 atom stereocenters. The molecule has 4 rings (SSSR count). The fraction of sp³-hybridized carbons (Fsp3) is 0.318. The Balaban J connectivity index is 1.29. The zero-order valence-corrected chi connectivity index (χ0v) is 16.5. The number of aromatic nitrogens is 4. The summed E-state index contributed by atoms with van der Waals surface area (Å²) in [6.07, 6.45) is 8.22. The summed E-state index contributed by atoms with van der Waals surface area (Å²) in [5, 5.41) is 19.7. The van der Waals surface area contributed by atoms with Gasteiger partial charge in [-0.05, 0) is 49.4 Å². The number of para-hydroxylation sites is 1. The quantitative estimate of drug-likeness (QED) is 0.657. The van der Waals surface area contributed by atoms with E-state index in [1.54, 1.807) is 29.3 Å². The number of anilines is 1. The zero-order valence-electron chi connectivity index (χ0n) is 16.5. The van der Waals surface area contributed by atoms with Crippen molar-refractivity contribution in [3.63, 3.8) is 0 Å². The van der Waals surface area contributed by atoms with E-state index in [1.165, 1.54) is 6.33 Å². The molecule has 0 spiro atoms. The third-order valence-electron chi connectivity index (χ3n) is 5.45. The molecule has 2 heterocycles. The summed E-state index contributed by atoms with van der Waals surface area (Å²) >= 11 is 0. The van der Waals surface area contributed by atoms with E-state index in [-0.39, 0.29) is 17.9 Å². The Bertz CT molecular complexity index is 1030. The summed E-state index contributed by atoms with van der Waals surface area (Å²) in [7, 11) is 0. The average molecular weight is 401 g/mol. The van der Waals surface area contributed by atoms with E-state index < -0.39 is 0 Å². The molecule has 1 aromatic carbocycles. The number of nitrogens with zero attached hydrogens (tertiary/aromatic N) is 5. The minimum absolute atomic E-state index is 0.0139. The van der Waals surface area contributed by atoms with Crippen molar-refractivity contribution in [2.45, 2.75) is 38.3 Å². The maximum atomic E-state index is 12.7. The van der Waals surface area contributed by atoms with Crippen LogP contribution in [0.4, 0.5) is 5.82 Å². The van der Waals surface area contributed by atoms with Gasteiger partial charge in [0.15, 0.2) is 0 Å². The van der Waals surface area contributed by atoms with Gasteiger partial charge in [0, 0.05) is 24.7 Å². The van der Waals surface area contributed by atoms with Crippen LogP contribution in [0.2, 0.25) is 0 Å². The molecule has 1 amide bonds. The molecule has 1 aliphatic carbocycles. The summed E-state index contributed by atoms with van der Waals surface area (Å²) in [6.45, 7) is 0.456. The van der Waals surface area contributed by atoms with E-state index in [0.29, 0.717) is 17.9 Å². The van der Waals surface area contributed by atoms with E-state index >= 15 is 0 Å². The molecule has 0 radical (unpaired) electrons. The number of benzene rings is 1. The van der Waals surface area contributed by atoms with Crippen molar-refractivity contribution >= 4 is 11.7 Å². The van der Waals surface area contributed by atoms with Crippen LogP contribution in [0, 0.1) is 17.2 Å². The summed E-state index contributed by atoms with van der Waals surface area (Å²) in [5.41, 5.74) is 2.50. The number of pyridine rings is 1. The van der Waals surface area contributed by atoms with E-state index in [9.17, 15) is 4.79 Å². The first-order valence-corrected chi connectivity index (χ1v) is 10.1. The zero-order chi connectivity index (χ0) is 20.8. The van der Waals surface area contributed by atoms with Gasteiger partial charge in [0.2, 0.25) is 5.91 Å².